The van der Waals surface area contributed by atoms with Crippen LogP contribution in [0.25, 0.3) is 0 Å². The largest absolute Gasteiger partial charge is 0.484 e. The van der Waals surface area contributed by atoms with E-state index in [-0.39, 0.29) is 18.4 Å². The van der Waals surface area contributed by atoms with Crippen LogP contribution >= 0.6 is 0 Å². The van der Waals surface area contributed by atoms with Gasteiger partial charge in [-0.1, -0.05) is 12.1 Å². The molecule has 1 aliphatic heterocycles. The molecule has 5 heteroatoms. The van der Waals surface area contributed by atoms with E-state index >= 15 is 0 Å². The number of anilines is 2. The predicted octanol–water partition coefficient (Wildman–Crippen LogP) is 2.90. The van der Waals surface area contributed by atoms with Crippen molar-refractivity contribution in [1.29, 1.82) is 0 Å². The first-order chi connectivity index (χ1) is 11.1. The van der Waals surface area contributed by atoms with Crippen molar-refractivity contribution >= 4 is 23.2 Å². The van der Waals surface area contributed by atoms with Gasteiger partial charge in [-0.25, -0.2) is 0 Å². The highest BCUT2D eigenvalue weighted by Crippen LogP contribution is 2.26. The average molecular weight is 310 g/mol. The first-order valence-electron chi connectivity index (χ1n) is 7.52. The van der Waals surface area contributed by atoms with E-state index in [1.54, 1.807) is 12.1 Å². The quantitative estimate of drug-likeness (QED) is 0.912. The lowest BCUT2D eigenvalue weighted by Crippen LogP contribution is -2.21. The van der Waals surface area contributed by atoms with Crippen LogP contribution in [0, 0.1) is 6.92 Å². The van der Waals surface area contributed by atoms with Crippen LogP contribution in [-0.4, -0.2) is 18.4 Å². The van der Waals surface area contributed by atoms with Crippen molar-refractivity contribution in [1.82, 2.24) is 0 Å². The zero-order valence-corrected chi connectivity index (χ0v) is 12.9. The number of benzene rings is 2. The maximum absolute atomic E-state index is 11.9. The number of aryl methyl sites for hydroxylation is 2. The first kappa shape index (κ1) is 15.1. The molecular weight excluding hydrogens is 292 g/mol. The Morgan fingerprint density at radius 2 is 2.09 bits per heavy atom. The Bertz CT molecular complexity index is 756. The minimum absolute atomic E-state index is 0.0312. The highest BCUT2D eigenvalue weighted by molar-refractivity contribution is 5.94. The van der Waals surface area contributed by atoms with Crippen LogP contribution in [0.15, 0.2) is 42.5 Å². The summed E-state index contributed by atoms with van der Waals surface area (Å²) in [5, 5.41) is 5.62. The number of nitrogens with one attached hydrogen (secondary N) is 2. The summed E-state index contributed by atoms with van der Waals surface area (Å²) in [4.78, 5) is 23.3. The van der Waals surface area contributed by atoms with Crippen molar-refractivity contribution in [3.05, 3.63) is 53.6 Å². The maximum atomic E-state index is 11.9. The second-order valence-electron chi connectivity index (χ2n) is 5.57. The van der Waals surface area contributed by atoms with Gasteiger partial charge < -0.3 is 15.4 Å². The monoisotopic (exact) mass is 310 g/mol. The maximum Gasteiger partial charge on any atom is 0.262 e. The molecule has 0 radical (unpaired) electrons. The molecule has 1 heterocycles. The molecule has 1 aliphatic rings. The van der Waals surface area contributed by atoms with Crippen molar-refractivity contribution in [2.45, 2.75) is 19.8 Å². The van der Waals surface area contributed by atoms with E-state index in [9.17, 15) is 9.59 Å². The van der Waals surface area contributed by atoms with Gasteiger partial charge >= 0.3 is 0 Å². The Hall–Kier alpha value is -2.82. The van der Waals surface area contributed by atoms with E-state index < -0.39 is 0 Å². The molecule has 0 aromatic heterocycles. The molecule has 0 spiro atoms. The van der Waals surface area contributed by atoms with Crippen molar-refractivity contribution in [2.24, 2.45) is 0 Å². The van der Waals surface area contributed by atoms with Crippen molar-refractivity contribution in [3.8, 4) is 5.75 Å². The number of rotatable bonds is 4. The number of ether oxygens (including phenoxy) is 1. The number of carbonyl (C=O) groups is 2. The minimum Gasteiger partial charge on any atom is -0.484 e. The summed E-state index contributed by atoms with van der Waals surface area (Å²) in [5.74, 6) is 0.449. The predicted molar refractivity (Wildman–Crippen MR) is 88.7 cm³/mol. The van der Waals surface area contributed by atoms with Gasteiger partial charge in [-0.3, -0.25) is 9.59 Å². The molecule has 118 valence electrons. The van der Waals surface area contributed by atoms with Crippen molar-refractivity contribution in [3.63, 3.8) is 0 Å². The molecule has 2 N–H and O–H groups in total. The van der Waals surface area contributed by atoms with Crippen LogP contribution in [-0.2, 0) is 16.0 Å². The second-order valence-corrected chi connectivity index (χ2v) is 5.57. The van der Waals surface area contributed by atoms with Gasteiger partial charge in [0.2, 0.25) is 5.91 Å². The highest BCUT2D eigenvalue weighted by atomic mass is 16.5. The summed E-state index contributed by atoms with van der Waals surface area (Å²) in [6, 6.07) is 13.0. The molecule has 0 saturated carbocycles. The van der Waals surface area contributed by atoms with Gasteiger partial charge in [0.15, 0.2) is 6.61 Å². The zero-order valence-electron chi connectivity index (χ0n) is 12.9. The smallest absolute Gasteiger partial charge is 0.262 e. The molecule has 2 amide bonds. The molecule has 0 saturated heterocycles. The second kappa shape index (κ2) is 6.52. The number of amides is 2. The van der Waals surface area contributed by atoms with Crippen LogP contribution in [0.3, 0.4) is 0 Å². The van der Waals surface area contributed by atoms with Crippen molar-refractivity contribution < 1.29 is 14.3 Å². The Balaban J connectivity index is 1.58. The van der Waals surface area contributed by atoms with Gasteiger partial charge in [-0.15, -0.1) is 0 Å². The summed E-state index contributed by atoms with van der Waals surface area (Å²) < 4.78 is 5.54. The Labute approximate surface area is 134 Å². The SMILES string of the molecule is Cc1cccc(NC(=O)COc2ccc3c(c2)CCC(=O)N3)c1. The molecule has 0 fully saturated rings. The third-order valence-electron chi connectivity index (χ3n) is 3.64. The van der Waals surface area contributed by atoms with E-state index in [1.165, 1.54) is 0 Å². The van der Waals surface area contributed by atoms with Crippen molar-refractivity contribution in [2.75, 3.05) is 17.2 Å². The third-order valence-corrected chi connectivity index (χ3v) is 3.64. The standard InChI is InChI=1S/C18H18N2O3/c1-12-3-2-4-14(9-12)19-18(22)11-23-15-6-7-16-13(10-15)5-8-17(21)20-16/h2-4,6-7,9-10H,5,8,11H2,1H3,(H,19,22)(H,20,21). The van der Waals surface area contributed by atoms with Crippen LogP contribution < -0.4 is 15.4 Å². The van der Waals surface area contributed by atoms with Crippen LogP contribution in [0.1, 0.15) is 17.5 Å². The Kier molecular flexibility index (Phi) is 4.28. The molecule has 0 bridgehead atoms. The summed E-state index contributed by atoms with van der Waals surface area (Å²) in [7, 11) is 0. The molecule has 23 heavy (non-hydrogen) atoms. The van der Waals surface area contributed by atoms with Gasteiger partial charge in [0.05, 0.1) is 0 Å². The fourth-order valence-corrected chi connectivity index (χ4v) is 2.52. The summed E-state index contributed by atoms with van der Waals surface area (Å²) in [5.41, 5.74) is 3.69. The third kappa shape index (κ3) is 3.88. The average Bonchev–Trinajstić information content (AvgIpc) is 2.53. The fraction of sp³-hybridized carbons (Fsp3) is 0.222. The molecule has 0 unspecified atom stereocenters. The van der Waals surface area contributed by atoms with Gasteiger partial charge in [-0.2, -0.15) is 0 Å². The van der Waals surface area contributed by atoms with Crippen LogP contribution in [0.2, 0.25) is 0 Å². The summed E-state index contributed by atoms with van der Waals surface area (Å²) >= 11 is 0. The highest BCUT2D eigenvalue weighted by Gasteiger charge is 2.15. The van der Waals surface area contributed by atoms with Crippen LogP contribution in [0.4, 0.5) is 11.4 Å². The van der Waals surface area contributed by atoms with E-state index in [4.69, 9.17) is 4.74 Å². The number of carbonyl (C=O) groups excluding carboxylic acids is 2. The number of hydrogen-bond donors (Lipinski definition) is 2. The first-order valence-corrected chi connectivity index (χ1v) is 7.52. The molecule has 2 aromatic rings. The summed E-state index contributed by atoms with van der Waals surface area (Å²) in [6.45, 7) is 1.91. The fourth-order valence-electron chi connectivity index (χ4n) is 2.52. The Morgan fingerprint density at radius 1 is 1.22 bits per heavy atom. The van der Waals surface area contributed by atoms with Gasteiger partial charge in [0.25, 0.3) is 5.91 Å². The topological polar surface area (TPSA) is 67.4 Å². The Morgan fingerprint density at radius 3 is 2.91 bits per heavy atom. The molecule has 3 rings (SSSR count). The number of fused-ring (bicyclic) bond motifs is 1. The van der Waals surface area contributed by atoms with E-state index in [1.807, 2.05) is 37.3 Å². The molecule has 5 nitrogen and oxygen atoms in total. The summed E-state index contributed by atoms with van der Waals surface area (Å²) in [6.07, 6.45) is 1.16. The molecule has 0 atom stereocenters. The lowest BCUT2D eigenvalue weighted by atomic mass is 10.0. The van der Waals surface area contributed by atoms with Gasteiger partial charge in [-0.05, 0) is 54.8 Å². The van der Waals surface area contributed by atoms with Crippen LogP contribution in [0.5, 0.6) is 5.75 Å². The van der Waals surface area contributed by atoms with Gasteiger partial charge in [0, 0.05) is 17.8 Å². The lowest BCUT2D eigenvalue weighted by molar-refractivity contribution is -0.118. The van der Waals surface area contributed by atoms with E-state index in [2.05, 4.69) is 10.6 Å². The van der Waals surface area contributed by atoms with E-state index in [0.29, 0.717) is 18.6 Å². The molecule has 2 aromatic carbocycles. The molecule has 0 aliphatic carbocycles. The lowest BCUT2D eigenvalue weighted by Gasteiger charge is -2.17. The minimum atomic E-state index is -0.207. The van der Waals surface area contributed by atoms with Gasteiger partial charge in [0.1, 0.15) is 5.75 Å². The normalized spacial score (nSPS) is 13.0. The van der Waals surface area contributed by atoms with E-state index in [0.717, 1.165) is 22.5 Å². The molecular formula is C18H18N2O3. The number of hydrogen-bond acceptors (Lipinski definition) is 3. The zero-order chi connectivity index (χ0) is 16.2.